The van der Waals surface area contributed by atoms with E-state index in [0.717, 1.165) is 23.4 Å². The number of nitrogens with zero attached hydrogens (tertiary/aromatic N) is 2. The second kappa shape index (κ2) is 6.23. The number of aryl methyl sites for hydroxylation is 1. The van der Waals surface area contributed by atoms with Gasteiger partial charge in [0.25, 0.3) is 5.91 Å². The standard InChI is InChI=1S/C15H19N3O2/c1-4-8-16-15(19)13-10-14(18(2)17-13)11-6-5-7-12(9-11)20-3/h5-7,9-10H,4,8H2,1-3H3,(H,16,19). The molecule has 0 saturated carbocycles. The van der Waals surface area contributed by atoms with E-state index < -0.39 is 0 Å². The molecule has 1 heterocycles. The summed E-state index contributed by atoms with van der Waals surface area (Å²) in [6.45, 7) is 2.67. The lowest BCUT2D eigenvalue weighted by atomic mass is 10.1. The zero-order chi connectivity index (χ0) is 14.5. The minimum absolute atomic E-state index is 0.142. The Morgan fingerprint density at radius 3 is 2.90 bits per heavy atom. The van der Waals surface area contributed by atoms with Gasteiger partial charge in [-0.2, -0.15) is 5.10 Å². The van der Waals surface area contributed by atoms with Crippen LogP contribution in [0, 0.1) is 0 Å². The molecular weight excluding hydrogens is 254 g/mol. The molecule has 0 atom stereocenters. The monoisotopic (exact) mass is 273 g/mol. The molecular formula is C15H19N3O2. The molecule has 1 N–H and O–H groups in total. The van der Waals surface area contributed by atoms with Crippen molar-refractivity contribution in [1.82, 2.24) is 15.1 Å². The van der Waals surface area contributed by atoms with Crippen molar-refractivity contribution in [1.29, 1.82) is 0 Å². The summed E-state index contributed by atoms with van der Waals surface area (Å²) in [5.74, 6) is 0.636. The molecule has 1 aromatic heterocycles. The fourth-order valence-electron chi connectivity index (χ4n) is 1.96. The quantitative estimate of drug-likeness (QED) is 0.909. The van der Waals surface area contributed by atoms with Gasteiger partial charge in [0.15, 0.2) is 5.69 Å². The van der Waals surface area contributed by atoms with Crippen LogP contribution in [0.25, 0.3) is 11.3 Å². The minimum atomic E-state index is -0.142. The van der Waals surface area contributed by atoms with E-state index in [1.165, 1.54) is 0 Å². The van der Waals surface area contributed by atoms with E-state index in [1.807, 2.05) is 38.2 Å². The van der Waals surface area contributed by atoms with Crippen LogP contribution in [-0.4, -0.2) is 29.3 Å². The van der Waals surface area contributed by atoms with Crippen LogP contribution in [0.3, 0.4) is 0 Å². The molecule has 2 rings (SSSR count). The summed E-state index contributed by atoms with van der Waals surface area (Å²) in [6.07, 6.45) is 0.904. The topological polar surface area (TPSA) is 56.1 Å². The number of benzene rings is 1. The molecule has 0 radical (unpaired) electrons. The predicted octanol–water partition coefficient (Wildman–Crippen LogP) is 2.24. The van der Waals surface area contributed by atoms with E-state index in [4.69, 9.17) is 4.74 Å². The lowest BCUT2D eigenvalue weighted by Crippen LogP contribution is -2.24. The van der Waals surface area contributed by atoms with Crippen molar-refractivity contribution in [2.75, 3.05) is 13.7 Å². The van der Waals surface area contributed by atoms with Gasteiger partial charge in [-0.3, -0.25) is 9.48 Å². The fraction of sp³-hybridized carbons (Fsp3) is 0.333. The van der Waals surface area contributed by atoms with E-state index in [2.05, 4.69) is 10.4 Å². The molecule has 2 aromatic rings. The molecule has 5 nitrogen and oxygen atoms in total. The first-order valence-electron chi connectivity index (χ1n) is 6.62. The number of methoxy groups -OCH3 is 1. The third kappa shape index (κ3) is 2.99. The molecule has 0 saturated heterocycles. The van der Waals surface area contributed by atoms with Gasteiger partial charge < -0.3 is 10.1 Å². The smallest absolute Gasteiger partial charge is 0.271 e. The van der Waals surface area contributed by atoms with E-state index in [0.29, 0.717) is 12.2 Å². The zero-order valence-corrected chi connectivity index (χ0v) is 12.0. The van der Waals surface area contributed by atoms with Gasteiger partial charge in [0.2, 0.25) is 0 Å². The van der Waals surface area contributed by atoms with Gasteiger partial charge >= 0.3 is 0 Å². The Kier molecular flexibility index (Phi) is 4.40. The Bertz CT molecular complexity index is 605. The maximum Gasteiger partial charge on any atom is 0.271 e. The van der Waals surface area contributed by atoms with Gasteiger partial charge in [-0.25, -0.2) is 0 Å². The Balaban J connectivity index is 2.29. The van der Waals surface area contributed by atoms with E-state index in [1.54, 1.807) is 17.9 Å². The van der Waals surface area contributed by atoms with Gasteiger partial charge in [0.05, 0.1) is 12.8 Å². The zero-order valence-electron chi connectivity index (χ0n) is 12.0. The van der Waals surface area contributed by atoms with Crippen LogP contribution in [0.15, 0.2) is 30.3 Å². The van der Waals surface area contributed by atoms with Crippen LogP contribution in [0.2, 0.25) is 0 Å². The third-order valence-corrected chi connectivity index (χ3v) is 3.01. The van der Waals surface area contributed by atoms with Gasteiger partial charge in [-0.1, -0.05) is 19.1 Å². The summed E-state index contributed by atoms with van der Waals surface area (Å²) in [6, 6.07) is 9.48. The Labute approximate surface area is 118 Å². The Morgan fingerprint density at radius 1 is 1.40 bits per heavy atom. The lowest BCUT2D eigenvalue weighted by Gasteiger charge is -2.04. The number of aromatic nitrogens is 2. The molecule has 1 aromatic carbocycles. The second-order valence-corrected chi connectivity index (χ2v) is 4.53. The van der Waals surface area contributed by atoms with Crippen molar-refractivity contribution in [3.63, 3.8) is 0 Å². The molecule has 0 fully saturated rings. The maximum atomic E-state index is 11.9. The molecule has 1 amide bonds. The summed E-state index contributed by atoms with van der Waals surface area (Å²) < 4.78 is 6.92. The van der Waals surface area contributed by atoms with Crippen molar-refractivity contribution < 1.29 is 9.53 Å². The number of carbonyl (C=O) groups is 1. The number of ether oxygens (including phenoxy) is 1. The number of rotatable bonds is 5. The summed E-state index contributed by atoms with van der Waals surface area (Å²) in [5.41, 5.74) is 2.28. The van der Waals surface area contributed by atoms with Crippen LogP contribution >= 0.6 is 0 Å². The molecule has 0 aliphatic heterocycles. The first kappa shape index (κ1) is 14.1. The summed E-state index contributed by atoms with van der Waals surface area (Å²) in [7, 11) is 3.46. The van der Waals surface area contributed by atoms with Gasteiger partial charge in [0.1, 0.15) is 5.75 Å². The molecule has 0 spiro atoms. The Hall–Kier alpha value is -2.30. The molecule has 0 unspecified atom stereocenters. The molecule has 5 heteroatoms. The van der Waals surface area contributed by atoms with E-state index >= 15 is 0 Å². The van der Waals surface area contributed by atoms with Crippen molar-refractivity contribution in [2.45, 2.75) is 13.3 Å². The summed E-state index contributed by atoms with van der Waals surface area (Å²) in [5, 5.41) is 7.08. The van der Waals surface area contributed by atoms with Crippen LogP contribution in [0.5, 0.6) is 5.75 Å². The summed E-state index contributed by atoms with van der Waals surface area (Å²) in [4.78, 5) is 11.9. The average molecular weight is 273 g/mol. The SMILES string of the molecule is CCCNC(=O)c1cc(-c2cccc(OC)c2)n(C)n1. The van der Waals surface area contributed by atoms with Gasteiger partial charge in [-0.15, -0.1) is 0 Å². The summed E-state index contributed by atoms with van der Waals surface area (Å²) >= 11 is 0. The largest absolute Gasteiger partial charge is 0.497 e. The van der Waals surface area contributed by atoms with Crippen LogP contribution in [0.1, 0.15) is 23.8 Å². The van der Waals surface area contributed by atoms with Crippen molar-refractivity contribution in [3.8, 4) is 17.0 Å². The normalized spacial score (nSPS) is 10.3. The van der Waals surface area contributed by atoms with Crippen molar-refractivity contribution >= 4 is 5.91 Å². The van der Waals surface area contributed by atoms with Crippen molar-refractivity contribution in [3.05, 3.63) is 36.0 Å². The van der Waals surface area contributed by atoms with Crippen LogP contribution in [0.4, 0.5) is 0 Å². The first-order valence-corrected chi connectivity index (χ1v) is 6.62. The highest BCUT2D eigenvalue weighted by Crippen LogP contribution is 2.24. The number of hydrogen-bond donors (Lipinski definition) is 1. The van der Waals surface area contributed by atoms with E-state index in [9.17, 15) is 4.79 Å². The highest BCUT2D eigenvalue weighted by molar-refractivity contribution is 5.93. The second-order valence-electron chi connectivity index (χ2n) is 4.53. The highest BCUT2D eigenvalue weighted by atomic mass is 16.5. The van der Waals surface area contributed by atoms with E-state index in [-0.39, 0.29) is 5.91 Å². The molecule has 106 valence electrons. The van der Waals surface area contributed by atoms with Gasteiger partial charge in [0, 0.05) is 19.2 Å². The van der Waals surface area contributed by atoms with Crippen molar-refractivity contribution in [2.24, 2.45) is 7.05 Å². The van der Waals surface area contributed by atoms with Crippen LogP contribution < -0.4 is 10.1 Å². The lowest BCUT2D eigenvalue weighted by molar-refractivity contribution is 0.0948. The third-order valence-electron chi connectivity index (χ3n) is 3.01. The number of carbonyl (C=O) groups excluding carboxylic acids is 1. The predicted molar refractivity (Wildman–Crippen MR) is 77.8 cm³/mol. The first-order chi connectivity index (χ1) is 9.65. The minimum Gasteiger partial charge on any atom is -0.497 e. The molecule has 0 aliphatic rings. The highest BCUT2D eigenvalue weighted by Gasteiger charge is 2.13. The number of hydrogen-bond acceptors (Lipinski definition) is 3. The average Bonchev–Trinajstić information content (AvgIpc) is 2.87. The fourth-order valence-corrected chi connectivity index (χ4v) is 1.96. The molecule has 20 heavy (non-hydrogen) atoms. The molecule has 0 bridgehead atoms. The van der Waals surface area contributed by atoms with Gasteiger partial charge in [-0.05, 0) is 24.6 Å². The molecule has 0 aliphatic carbocycles. The number of amides is 1. The Morgan fingerprint density at radius 2 is 2.20 bits per heavy atom. The van der Waals surface area contributed by atoms with Crippen LogP contribution in [-0.2, 0) is 7.05 Å². The maximum absolute atomic E-state index is 11.9. The number of nitrogens with one attached hydrogen (secondary N) is 1.